The van der Waals surface area contributed by atoms with E-state index in [1.807, 2.05) is 0 Å². The molecule has 0 bridgehead atoms. The fraction of sp³-hybridized carbons (Fsp3) is 0.0588. The van der Waals surface area contributed by atoms with E-state index in [9.17, 15) is 0 Å². The summed E-state index contributed by atoms with van der Waals surface area (Å²) < 4.78 is 0. The molecule has 1 heteroatoms. The quantitative estimate of drug-likeness (QED) is 0.164. The Bertz CT molecular complexity index is 2410. The summed E-state index contributed by atoms with van der Waals surface area (Å²) in [5.41, 5.74) is 18.3. The summed E-state index contributed by atoms with van der Waals surface area (Å²) in [7, 11) is 0. The lowest BCUT2D eigenvalue weighted by molar-refractivity contribution is 0.660. The third kappa shape index (κ3) is 5.52. The lowest BCUT2D eigenvalue weighted by Gasteiger charge is -2.30. The molecule has 1 aliphatic rings. The smallest absolute Gasteiger partial charge is 0.0546 e. The molecule has 0 atom stereocenters. The molecule has 0 saturated heterocycles. The Kier molecular flexibility index (Phi) is 7.90. The number of hydrogen-bond acceptors (Lipinski definition) is 1. The van der Waals surface area contributed by atoms with Crippen LogP contribution < -0.4 is 4.90 Å². The minimum Gasteiger partial charge on any atom is -0.310 e. The molecular weight excluding hydrogens is 627 g/mol. The highest BCUT2D eigenvalue weighted by Crippen LogP contribution is 2.52. The number of fused-ring (bicyclic) bond motifs is 3. The minimum absolute atomic E-state index is 0.107. The second-order valence-corrected chi connectivity index (χ2v) is 14.2. The van der Waals surface area contributed by atoms with Crippen LogP contribution in [0.15, 0.2) is 200 Å². The van der Waals surface area contributed by atoms with Crippen LogP contribution in [0.2, 0.25) is 0 Å². The average Bonchev–Trinajstić information content (AvgIpc) is 3.45. The molecule has 0 saturated carbocycles. The van der Waals surface area contributed by atoms with Crippen molar-refractivity contribution >= 4 is 17.1 Å². The second-order valence-electron chi connectivity index (χ2n) is 14.2. The van der Waals surface area contributed by atoms with Crippen molar-refractivity contribution in [2.75, 3.05) is 4.90 Å². The topological polar surface area (TPSA) is 3.24 Å². The van der Waals surface area contributed by atoms with E-state index in [2.05, 4.69) is 219 Å². The zero-order valence-electron chi connectivity index (χ0n) is 29.5. The standard InChI is InChI=1S/C51H39N/c1-51(2)47-23-13-12-21-45(47)46-34-29-41(35-48(46)51)50-44(40-19-10-5-11-20-40)22-14-24-49(50)52(42-30-25-38(26-31-42)36-15-6-3-7-16-36)43-32-27-39(28-33-43)37-17-8-4-9-18-37/h3-35H,1-2H3. The molecule has 0 heterocycles. The predicted molar refractivity (Wildman–Crippen MR) is 220 cm³/mol. The maximum Gasteiger partial charge on any atom is 0.0546 e. The van der Waals surface area contributed by atoms with Gasteiger partial charge in [-0.1, -0.05) is 178 Å². The van der Waals surface area contributed by atoms with Gasteiger partial charge in [0.25, 0.3) is 0 Å². The number of benzene rings is 8. The number of anilines is 3. The van der Waals surface area contributed by atoms with E-state index in [-0.39, 0.29) is 5.41 Å². The molecule has 0 amide bonds. The van der Waals surface area contributed by atoms with Crippen LogP contribution in [0.5, 0.6) is 0 Å². The molecule has 0 unspecified atom stereocenters. The highest BCUT2D eigenvalue weighted by atomic mass is 15.1. The van der Waals surface area contributed by atoms with E-state index < -0.39 is 0 Å². The van der Waals surface area contributed by atoms with Gasteiger partial charge in [-0.25, -0.2) is 0 Å². The summed E-state index contributed by atoms with van der Waals surface area (Å²) in [6.45, 7) is 4.72. The molecular formula is C51H39N. The van der Waals surface area contributed by atoms with E-state index in [0.29, 0.717) is 0 Å². The van der Waals surface area contributed by atoms with Crippen LogP contribution in [0, 0.1) is 0 Å². The van der Waals surface area contributed by atoms with Crippen LogP contribution in [0.25, 0.3) is 55.6 Å². The van der Waals surface area contributed by atoms with Crippen molar-refractivity contribution in [2.45, 2.75) is 19.3 Å². The summed E-state index contributed by atoms with van der Waals surface area (Å²) in [6.07, 6.45) is 0. The van der Waals surface area contributed by atoms with E-state index in [1.54, 1.807) is 0 Å². The van der Waals surface area contributed by atoms with Crippen molar-refractivity contribution in [3.63, 3.8) is 0 Å². The van der Waals surface area contributed by atoms with Crippen LogP contribution in [0.4, 0.5) is 17.1 Å². The number of nitrogens with zero attached hydrogens (tertiary/aromatic N) is 1. The van der Waals surface area contributed by atoms with Gasteiger partial charge < -0.3 is 4.90 Å². The van der Waals surface area contributed by atoms with Gasteiger partial charge in [0, 0.05) is 22.4 Å². The van der Waals surface area contributed by atoms with Gasteiger partial charge in [0.15, 0.2) is 0 Å². The van der Waals surface area contributed by atoms with Gasteiger partial charge in [0.1, 0.15) is 0 Å². The maximum absolute atomic E-state index is 2.45. The van der Waals surface area contributed by atoms with Gasteiger partial charge >= 0.3 is 0 Å². The van der Waals surface area contributed by atoms with Crippen molar-refractivity contribution in [1.29, 1.82) is 0 Å². The van der Waals surface area contributed by atoms with Crippen molar-refractivity contribution < 1.29 is 0 Å². The van der Waals surface area contributed by atoms with E-state index in [4.69, 9.17) is 0 Å². The molecule has 0 spiro atoms. The van der Waals surface area contributed by atoms with Gasteiger partial charge in [-0.15, -0.1) is 0 Å². The van der Waals surface area contributed by atoms with Gasteiger partial charge in [-0.05, 0) is 97.6 Å². The van der Waals surface area contributed by atoms with Crippen LogP contribution in [0.1, 0.15) is 25.0 Å². The summed E-state index contributed by atoms with van der Waals surface area (Å²) >= 11 is 0. The first kappa shape index (κ1) is 31.5. The highest BCUT2D eigenvalue weighted by Gasteiger charge is 2.35. The van der Waals surface area contributed by atoms with Gasteiger partial charge in [-0.2, -0.15) is 0 Å². The summed E-state index contributed by atoms with van der Waals surface area (Å²) in [4.78, 5) is 2.43. The molecule has 0 radical (unpaired) electrons. The molecule has 52 heavy (non-hydrogen) atoms. The molecule has 8 aromatic carbocycles. The van der Waals surface area contributed by atoms with E-state index in [0.717, 1.165) is 17.1 Å². The molecule has 9 rings (SSSR count). The summed E-state index contributed by atoms with van der Waals surface area (Å²) in [6, 6.07) is 72.8. The second kappa shape index (κ2) is 13.0. The molecule has 0 aliphatic heterocycles. The Labute approximate surface area is 307 Å². The third-order valence-electron chi connectivity index (χ3n) is 10.7. The zero-order chi connectivity index (χ0) is 35.1. The van der Waals surface area contributed by atoms with Gasteiger partial charge in [0.2, 0.25) is 0 Å². The molecule has 1 nitrogen and oxygen atoms in total. The summed E-state index contributed by atoms with van der Waals surface area (Å²) in [5.74, 6) is 0. The first-order chi connectivity index (χ1) is 25.6. The lowest BCUT2D eigenvalue weighted by atomic mass is 9.81. The molecule has 248 valence electrons. The highest BCUT2D eigenvalue weighted by molar-refractivity contribution is 5.98. The molecule has 0 N–H and O–H groups in total. The Balaban J connectivity index is 1.26. The number of hydrogen-bond donors (Lipinski definition) is 0. The van der Waals surface area contributed by atoms with Crippen LogP contribution in [0.3, 0.4) is 0 Å². The van der Waals surface area contributed by atoms with Crippen molar-refractivity contribution in [3.8, 4) is 55.6 Å². The van der Waals surface area contributed by atoms with E-state index in [1.165, 1.54) is 66.8 Å². The van der Waals surface area contributed by atoms with Crippen molar-refractivity contribution in [2.24, 2.45) is 0 Å². The van der Waals surface area contributed by atoms with Gasteiger partial charge in [-0.3, -0.25) is 0 Å². The molecule has 0 aromatic heterocycles. The normalized spacial score (nSPS) is 12.6. The molecule has 0 fully saturated rings. The Morgan fingerprint density at radius 3 is 1.35 bits per heavy atom. The molecule has 1 aliphatic carbocycles. The molecule has 8 aromatic rings. The first-order valence-electron chi connectivity index (χ1n) is 18.1. The number of rotatable bonds is 7. The lowest BCUT2D eigenvalue weighted by Crippen LogP contribution is -2.15. The SMILES string of the molecule is CC1(C)c2ccccc2-c2ccc(-c3c(-c4ccccc4)cccc3N(c3ccc(-c4ccccc4)cc3)c3ccc(-c4ccccc4)cc3)cc21. The van der Waals surface area contributed by atoms with Crippen LogP contribution >= 0.6 is 0 Å². The monoisotopic (exact) mass is 665 g/mol. The third-order valence-corrected chi connectivity index (χ3v) is 10.7. The van der Waals surface area contributed by atoms with Crippen molar-refractivity contribution in [3.05, 3.63) is 211 Å². The predicted octanol–water partition coefficient (Wildman–Crippen LogP) is 14.1. The maximum atomic E-state index is 2.45. The first-order valence-corrected chi connectivity index (χ1v) is 18.1. The Morgan fingerprint density at radius 2 is 0.769 bits per heavy atom. The summed E-state index contributed by atoms with van der Waals surface area (Å²) in [5, 5.41) is 0. The zero-order valence-corrected chi connectivity index (χ0v) is 29.5. The fourth-order valence-corrected chi connectivity index (χ4v) is 8.04. The fourth-order valence-electron chi connectivity index (χ4n) is 8.04. The van der Waals surface area contributed by atoms with Crippen molar-refractivity contribution in [1.82, 2.24) is 0 Å². The van der Waals surface area contributed by atoms with Crippen LogP contribution in [-0.4, -0.2) is 0 Å². The Morgan fingerprint density at radius 1 is 0.327 bits per heavy atom. The Hall–Kier alpha value is -6.44. The van der Waals surface area contributed by atoms with Gasteiger partial charge in [0.05, 0.1) is 5.69 Å². The minimum atomic E-state index is -0.107. The van der Waals surface area contributed by atoms with E-state index >= 15 is 0 Å². The van der Waals surface area contributed by atoms with Crippen LogP contribution in [-0.2, 0) is 5.41 Å². The average molecular weight is 666 g/mol. The largest absolute Gasteiger partial charge is 0.310 e.